The Morgan fingerprint density at radius 2 is 1.57 bits per heavy atom. The smallest absolute Gasteiger partial charge is 0.117 e. The lowest BCUT2D eigenvalue weighted by atomic mass is 10.1. The van der Waals surface area contributed by atoms with Crippen LogP contribution in [0.4, 0.5) is 0 Å². The first-order chi connectivity index (χ1) is 11.3. The summed E-state index contributed by atoms with van der Waals surface area (Å²) in [5.74, 6) is 0. The molecule has 112 valence electrons. The van der Waals surface area contributed by atoms with Crippen LogP contribution >= 0.6 is 0 Å². The first-order valence-electron chi connectivity index (χ1n) is 7.74. The molecule has 1 aliphatic rings. The van der Waals surface area contributed by atoms with Gasteiger partial charge in [-0.3, -0.25) is 0 Å². The highest BCUT2D eigenvalue weighted by atomic mass is 15.2. The molecule has 0 N–H and O–H groups in total. The Hall–Kier alpha value is -2.94. The number of fused-ring (bicyclic) bond motifs is 1. The molecule has 0 saturated heterocycles. The van der Waals surface area contributed by atoms with Crippen LogP contribution in [0.1, 0.15) is 22.4 Å². The van der Waals surface area contributed by atoms with Gasteiger partial charge in [-0.1, -0.05) is 60.2 Å². The minimum absolute atomic E-state index is 0.727. The molecule has 23 heavy (non-hydrogen) atoms. The van der Waals surface area contributed by atoms with Crippen LogP contribution in [-0.4, -0.2) is 16.0 Å². The number of hydrogen-bond donors (Lipinski definition) is 0. The van der Waals surface area contributed by atoms with E-state index in [1.54, 1.807) is 0 Å². The molecular formula is C20H17N3. The SMILES string of the molecule is Cc1ccc(C2=NN=C(c3ccccc3)c3cccn3C2)cc1. The summed E-state index contributed by atoms with van der Waals surface area (Å²) in [6, 6.07) is 22.8. The lowest BCUT2D eigenvalue weighted by molar-refractivity contribution is 0.856. The standard InChI is InChI=1S/C20H17N3/c1-15-9-11-16(12-10-15)18-14-23-13-5-8-19(23)20(22-21-18)17-6-3-2-4-7-17/h2-13H,14H2,1H3. The zero-order valence-corrected chi connectivity index (χ0v) is 13.0. The molecule has 3 nitrogen and oxygen atoms in total. The molecule has 0 spiro atoms. The van der Waals surface area contributed by atoms with Gasteiger partial charge in [-0.2, -0.15) is 5.10 Å². The minimum atomic E-state index is 0.727. The first kappa shape index (κ1) is 13.7. The summed E-state index contributed by atoms with van der Waals surface area (Å²) in [5, 5.41) is 9.12. The molecule has 0 atom stereocenters. The monoisotopic (exact) mass is 299 g/mol. The van der Waals surface area contributed by atoms with E-state index in [4.69, 9.17) is 0 Å². The van der Waals surface area contributed by atoms with Gasteiger partial charge in [0.15, 0.2) is 0 Å². The molecule has 3 aromatic rings. The van der Waals surface area contributed by atoms with Crippen LogP contribution in [0.2, 0.25) is 0 Å². The number of hydrogen-bond acceptors (Lipinski definition) is 2. The summed E-state index contributed by atoms with van der Waals surface area (Å²) >= 11 is 0. The number of aromatic nitrogens is 1. The van der Waals surface area contributed by atoms with Crippen LogP contribution in [0.3, 0.4) is 0 Å². The molecule has 1 aliphatic heterocycles. The van der Waals surface area contributed by atoms with Crippen molar-refractivity contribution in [1.29, 1.82) is 0 Å². The molecule has 2 aromatic carbocycles. The van der Waals surface area contributed by atoms with E-state index in [0.717, 1.165) is 34.8 Å². The molecule has 0 unspecified atom stereocenters. The van der Waals surface area contributed by atoms with E-state index in [9.17, 15) is 0 Å². The summed E-state index contributed by atoms with van der Waals surface area (Å²) < 4.78 is 2.21. The fourth-order valence-corrected chi connectivity index (χ4v) is 2.82. The van der Waals surface area contributed by atoms with Crippen molar-refractivity contribution in [3.63, 3.8) is 0 Å². The van der Waals surface area contributed by atoms with Crippen molar-refractivity contribution in [2.45, 2.75) is 13.5 Å². The Labute approximate surface area is 135 Å². The van der Waals surface area contributed by atoms with E-state index in [2.05, 4.69) is 76.4 Å². The predicted octanol–water partition coefficient (Wildman–Crippen LogP) is 4.05. The molecule has 1 aromatic heterocycles. The number of rotatable bonds is 2. The number of benzene rings is 2. The van der Waals surface area contributed by atoms with Crippen molar-refractivity contribution in [2.75, 3.05) is 0 Å². The second-order valence-electron chi connectivity index (χ2n) is 5.75. The largest absolute Gasteiger partial charge is 0.340 e. The van der Waals surface area contributed by atoms with E-state index in [0.29, 0.717) is 0 Å². The van der Waals surface area contributed by atoms with E-state index in [1.807, 2.05) is 18.2 Å². The van der Waals surface area contributed by atoms with Gasteiger partial charge in [-0.05, 0) is 24.6 Å². The van der Waals surface area contributed by atoms with Crippen LogP contribution in [0.15, 0.2) is 83.1 Å². The average molecular weight is 299 g/mol. The maximum Gasteiger partial charge on any atom is 0.117 e. The van der Waals surface area contributed by atoms with Gasteiger partial charge in [0.25, 0.3) is 0 Å². The second kappa shape index (κ2) is 5.69. The fraction of sp³-hybridized carbons (Fsp3) is 0.100. The molecular weight excluding hydrogens is 282 g/mol. The van der Waals surface area contributed by atoms with Crippen molar-refractivity contribution < 1.29 is 0 Å². The normalized spacial score (nSPS) is 13.8. The maximum absolute atomic E-state index is 4.57. The maximum atomic E-state index is 4.57. The molecule has 0 bridgehead atoms. The highest BCUT2D eigenvalue weighted by molar-refractivity contribution is 6.13. The molecule has 0 radical (unpaired) electrons. The molecule has 0 amide bonds. The Morgan fingerprint density at radius 1 is 0.783 bits per heavy atom. The third-order valence-electron chi connectivity index (χ3n) is 4.09. The Kier molecular flexibility index (Phi) is 3.39. The zero-order chi connectivity index (χ0) is 15.6. The summed E-state index contributed by atoms with van der Waals surface area (Å²) in [7, 11) is 0. The van der Waals surface area contributed by atoms with Gasteiger partial charge in [0.1, 0.15) is 5.71 Å². The third kappa shape index (κ3) is 2.61. The van der Waals surface area contributed by atoms with E-state index < -0.39 is 0 Å². The van der Waals surface area contributed by atoms with E-state index >= 15 is 0 Å². The van der Waals surface area contributed by atoms with Crippen LogP contribution in [-0.2, 0) is 6.54 Å². The summed E-state index contributed by atoms with van der Waals surface area (Å²) in [4.78, 5) is 0. The highest BCUT2D eigenvalue weighted by Gasteiger charge is 2.17. The second-order valence-corrected chi connectivity index (χ2v) is 5.75. The lowest BCUT2D eigenvalue weighted by Gasteiger charge is -2.09. The Bertz CT molecular complexity index is 884. The summed E-state index contributed by atoms with van der Waals surface area (Å²) in [6.07, 6.45) is 2.09. The van der Waals surface area contributed by atoms with E-state index in [1.165, 1.54) is 5.56 Å². The topological polar surface area (TPSA) is 29.6 Å². The number of aryl methyl sites for hydroxylation is 1. The molecule has 0 fully saturated rings. The van der Waals surface area contributed by atoms with Gasteiger partial charge in [0.05, 0.1) is 18.0 Å². The van der Waals surface area contributed by atoms with Crippen LogP contribution < -0.4 is 0 Å². The molecule has 0 aliphatic carbocycles. The summed E-state index contributed by atoms with van der Waals surface area (Å²) in [5.41, 5.74) is 6.45. The van der Waals surface area contributed by atoms with Crippen LogP contribution in [0.25, 0.3) is 0 Å². The van der Waals surface area contributed by atoms with Crippen molar-refractivity contribution >= 4 is 11.4 Å². The molecule has 2 heterocycles. The van der Waals surface area contributed by atoms with Gasteiger partial charge < -0.3 is 4.57 Å². The van der Waals surface area contributed by atoms with Crippen molar-refractivity contribution in [2.24, 2.45) is 10.2 Å². The minimum Gasteiger partial charge on any atom is -0.340 e. The fourth-order valence-electron chi connectivity index (χ4n) is 2.82. The van der Waals surface area contributed by atoms with Crippen LogP contribution in [0, 0.1) is 6.92 Å². The van der Waals surface area contributed by atoms with Crippen molar-refractivity contribution in [3.8, 4) is 0 Å². The van der Waals surface area contributed by atoms with Gasteiger partial charge >= 0.3 is 0 Å². The molecule has 3 heteroatoms. The summed E-state index contributed by atoms with van der Waals surface area (Å²) in [6.45, 7) is 2.82. The van der Waals surface area contributed by atoms with Gasteiger partial charge in [-0.25, -0.2) is 0 Å². The lowest BCUT2D eigenvalue weighted by Crippen LogP contribution is -2.13. The average Bonchev–Trinajstić information content (AvgIpc) is 2.96. The third-order valence-corrected chi connectivity index (χ3v) is 4.09. The number of nitrogens with zero attached hydrogens (tertiary/aromatic N) is 3. The molecule has 0 saturated carbocycles. The molecule has 4 rings (SSSR count). The van der Waals surface area contributed by atoms with Gasteiger partial charge in [-0.15, -0.1) is 5.10 Å². The zero-order valence-electron chi connectivity index (χ0n) is 13.0. The van der Waals surface area contributed by atoms with Gasteiger partial charge in [0.2, 0.25) is 0 Å². The van der Waals surface area contributed by atoms with E-state index in [-0.39, 0.29) is 0 Å². The van der Waals surface area contributed by atoms with Crippen LogP contribution in [0.5, 0.6) is 0 Å². The highest BCUT2D eigenvalue weighted by Crippen LogP contribution is 2.17. The quantitative estimate of drug-likeness (QED) is 0.683. The Morgan fingerprint density at radius 3 is 2.35 bits per heavy atom. The van der Waals surface area contributed by atoms with Gasteiger partial charge in [0, 0.05) is 11.8 Å². The first-order valence-corrected chi connectivity index (χ1v) is 7.74. The Balaban J connectivity index is 1.83. The van der Waals surface area contributed by atoms with Crippen molar-refractivity contribution in [3.05, 3.63) is 95.3 Å². The predicted molar refractivity (Wildman–Crippen MR) is 94.2 cm³/mol. The van der Waals surface area contributed by atoms with Crippen molar-refractivity contribution in [1.82, 2.24) is 4.57 Å².